The average Bonchev–Trinajstić information content (AvgIpc) is 2.21. The number of phenolic OH excluding ortho intramolecular Hbond substituents is 1. The first-order chi connectivity index (χ1) is 8.37. The van der Waals surface area contributed by atoms with Crippen molar-refractivity contribution in [1.82, 2.24) is 4.90 Å². The number of aromatic hydroxyl groups is 1. The van der Waals surface area contributed by atoms with E-state index in [2.05, 4.69) is 18.7 Å². The van der Waals surface area contributed by atoms with Crippen molar-refractivity contribution >= 4 is 12.4 Å². The van der Waals surface area contributed by atoms with E-state index in [1.165, 1.54) is 6.07 Å². The molecule has 5 heteroatoms. The molecule has 0 amide bonds. The molecule has 108 valence electrons. The van der Waals surface area contributed by atoms with Crippen molar-refractivity contribution in [3.05, 3.63) is 29.6 Å². The molecule has 0 saturated carbocycles. The molecular weight excluding hydrogens is 267 g/mol. The Balaban J connectivity index is 0.00000180. The van der Waals surface area contributed by atoms with Gasteiger partial charge in [0.25, 0.3) is 0 Å². The fourth-order valence-corrected chi connectivity index (χ4v) is 2.60. The van der Waals surface area contributed by atoms with Crippen LogP contribution < -0.4 is 5.73 Å². The van der Waals surface area contributed by atoms with E-state index in [1.54, 1.807) is 6.07 Å². The minimum Gasteiger partial charge on any atom is -0.508 e. The van der Waals surface area contributed by atoms with Crippen LogP contribution in [0.3, 0.4) is 0 Å². The fourth-order valence-electron chi connectivity index (χ4n) is 2.60. The summed E-state index contributed by atoms with van der Waals surface area (Å²) in [5, 5.41) is 9.39. The van der Waals surface area contributed by atoms with Crippen LogP contribution in [0.2, 0.25) is 0 Å². The number of likely N-dealkylation sites (tertiary alicyclic amines) is 1. The second-order valence-corrected chi connectivity index (χ2v) is 5.91. The second-order valence-electron chi connectivity index (χ2n) is 5.91. The summed E-state index contributed by atoms with van der Waals surface area (Å²) in [6, 6.07) is 4.43. The zero-order valence-corrected chi connectivity index (χ0v) is 12.2. The SMILES string of the molecule is CC1(C)CN(Cc2cc(O)cc(F)c2)CCC1N.Cl. The van der Waals surface area contributed by atoms with Gasteiger partial charge in [-0.15, -0.1) is 12.4 Å². The lowest BCUT2D eigenvalue weighted by Crippen LogP contribution is -2.52. The molecule has 1 aromatic carbocycles. The molecule has 0 spiro atoms. The Morgan fingerprint density at radius 3 is 2.68 bits per heavy atom. The molecule has 1 aliphatic rings. The van der Waals surface area contributed by atoms with Gasteiger partial charge in [-0.1, -0.05) is 13.8 Å². The second kappa shape index (κ2) is 6.07. The maximum atomic E-state index is 13.2. The molecule has 0 aliphatic carbocycles. The molecule has 1 aromatic rings. The number of piperidine rings is 1. The number of rotatable bonds is 2. The Bertz CT molecular complexity index is 419. The van der Waals surface area contributed by atoms with E-state index < -0.39 is 5.82 Å². The summed E-state index contributed by atoms with van der Waals surface area (Å²) in [5.74, 6) is -0.407. The van der Waals surface area contributed by atoms with Gasteiger partial charge in [-0.25, -0.2) is 4.39 Å². The fraction of sp³-hybridized carbons (Fsp3) is 0.571. The number of hydrogen-bond donors (Lipinski definition) is 2. The van der Waals surface area contributed by atoms with Gasteiger partial charge in [0.1, 0.15) is 11.6 Å². The molecule has 3 nitrogen and oxygen atoms in total. The Morgan fingerprint density at radius 1 is 1.42 bits per heavy atom. The lowest BCUT2D eigenvalue weighted by Gasteiger charge is -2.42. The van der Waals surface area contributed by atoms with Crippen LogP contribution in [0.4, 0.5) is 4.39 Å². The minimum absolute atomic E-state index is 0. The lowest BCUT2D eigenvalue weighted by atomic mass is 9.79. The Morgan fingerprint density at radius 2 is 2.11 bits per heavy atom. The maximum Gasteiger partial charge on any atom is 0.127 e. The smallest absolute Gasteiger partial charge is 0.127 e. The molecule has 1 saturated heterocycles. The highest BCUT2D eigenvalue weighted by Gasteiger charge is 2.33. The van der Waals surface area contributed by atoms with Gasteiger partial charge in [-0.05, 0) is 29.5 Å². The first-order valence-corrected chi connectivity index (χ1v) is 6.33. The van der Waals surface area contributed by atoms with Crippen LogP contribution in [0.15, 0.2) is 18.2 Å². The standard InChI is InChI=1S/C14H21FN2O.ClH/c1-14(2)9-17(4-3-13(14)16)8-10-5-11(15)7-12(18)6-10;/h5-7,13,18H,3-4,8-9,16H2,1-2H3;1H. The quantitative estimate of drug-likeness (QED) is 0.879. The summed E-state index contributed by atoms with van der Waals surface area (Å²) < 4.78 is 13.2. The topological polar surface area (TPSA) is 49.5 Å². The lowest BCUT2D eigenvalue weighted by molar-refractivity contribution is 0.0898. The summed E-state index contributed by atoms with van der Waals surface area (Å²) in [6.45, 7) is 6.79. The minimum atomic E-state index is -0.391. The molecule has 0 bridgehead atoms. The largest absolute Gasteiger partial charge is 0.508 e. The van der Waals surface area contributed by atoms with Crippen LogP contribution >= 0.6 is 12.4 Å². The van der Waals surface area contributed by atoms with Gasteiger partial charge in [0.15, 0.2) is 0 Å². The highest BCUT2D eigenvalue weighted by atomic mass is 35.5. The van der Waals surface area contributed by atoms with Crippen LogP contribution in [-0.4, -0.2) is 29.1 Å². The normalized spacial score (nSPS) is 22.8. The third kappa shape index (κ3) is 4.06. The molecule has 19 heavy (non-hydrogen) atoms. The zero-order valence-electron chi connectivity index (χ0n) is 11.4. The first kappa shape index (κ1) is 16.2. The van der Waals surface area contributed by atoms with Gasteiger partial charge in [-0.2, -0.15) is 0 Å². The summed E-state index contributed by atoms with van der Waals surface area (Å²) in [7, 11) is 0. The van der Waals surface area contributed by atoms with E-state index >= 15 is 0 Å². The van der Waals surface area contributed by atoms with Crippen LogP contribution in [0.5, 0.6) is 5.75 Å². The molecule has 0 aromatic heterocycles. The van der Waals surface area contributed by atoms with Crippen LogP contribution in [-0.2, 0) is 6.54 Å². The molecule has 1 aliphatic heterocycles. The van der Waals surface area contributed by atoms with Gasteiger partial charge in [0.05, 0.1) is 0 Å². The van der Waals surface area contributed by atoms with Crippen LogP contribution in [0.1, 0.15) is 25.8 Å². The summed E-state index contributed by atoms with van der Waals surface area (Å²) >= 11 is 0. The zero-order chi connectivity index (χ0) is 13.3. The predicted molar refractivity (Wildman–Crippen MR) is 77.0 cm³/mol. The Hall–Kier alpha value is -0.840. The van der Waals surface area contributed by atoms with Crippen molar-refractivity contribution in [2.75, 3.05) is 13.1 Å². The number of nitrogens with zero attached hydrogens (tertiary/aromatic N) is 1. The van der Waals surface area contributed by atoms with E-state index in [1.807, 2.05) is 0 Å². The highest BCUT2D eigenvalue weighted by molar-refractivity contribution is 5.85. The van der Waals surface area contributed by atoms with Gasteiger partial charge in [-0.3, -0.25) is 4.90 Å². The highest BCUT2D eigenvalue weighted by Crippen LogP contribution is 2.29. The van der Waals surface area contributed by atoms with Crippen LogP contribution in [0.25, 0.3) is 0 Å². The Labute approximate surface area is 120 Å². The molecule has 3 N–H and O–H groups in total. The van der Waals surface area contributed by atoms with E-state index in [4.69, 9.17) is 5.73 Å². The number of hydrogen-bond acceptors (Lipinski definition) is 3. The van der Waals surface area contributed by atoms with Gasteiger partial charge in [0, 0.05) is 31.7 Å². The summed E-state index contributed by atoms with van der Waals surface area (Å²) in [6.07, 6.45) is 0.953. The van der Waals surface area contributed by atoms with E-state index in [0.717, 1.165) is 31.1 Å². The Kier molecular flexibility index (Phi) is 5.18. The molecule has 1 fully saturated rings. The first-order valence-electron chi connectivity index (χ1n) is 6.33. The van der Waals surface area contributed by atoms with Crippen molar-refractivity contribution in [1.29, 1.82) is 0 Å². The third-order valence-corrected chi connectivity index (χ3v) is 3.74. The average molecular weight is 289 g/mol. The monoisotopic (exact) mass is 288 g/mol. The van der Waals surface area contributed by atoms with Crippen molar-refractivity contribution in [3.63, 3.8) is 0 Å². The molecule has 0 radical (unpaired) electrons. The number of halogens is 2. The van der Waals surface area contributed by atoms with Crippen LogP contribution in [0, 0.1) is 11.2 Å². The molecule has 1 heterocycles. The van der Waals surface area contributed by atoms with Crippen molar-refractivity contribution in [2.24, 2.45) is 11.1 Å². The number of nitrogens with two attached hydrogens (primary N) is 1. The number of benzene rings is 1. The van der Waals surface area contributed by atoms with E-state index in [9.17, 15) is 9.50 Å². The van der Waals surface area contributed by atoms with E-state index in [-0.39, 0.29) is 29.6 Å². The van der Waals surface area contributed by atoms with Gasteiger partial charge < -0.3 is 10.8 Å². The summed E-state index contributed by atoms with van der Waals surface area (Å²) in [4.78, 5) is 2.26. The third-order valence-electron chi connectivity index (χ3n) is 3.74. The maximum absolute atomic E-state index is 13.2. The molecule has 1 unspecified atom stereocenters. The van der Waals surface area contributed by atoms with Gasteiger partial charge in [0.2, 0.25) is 0 Å². The molecule has 1 atom stereocenters. The molecular formula is C14H22ClFN2O. The van der Waals surface area contributed by atoms with Crippen molar-refractivity contribution < 1.29 is 9.50 Å². The molecule has 2 rings (SSSR count). The van der Waals surface area contributed by atoms with Gasteiger partial charge >= 0.3 is 0 Å². The number of phenols is 1. The van der Waals surface area contributed by atoms with Crippen molar-refractivity contribution in [2.45, 2.75) is 32.9 Å². The van der Waals surface area contributed by atoms with Crippen molar-refractivity contribution in [3.8, 4) is 5.75 Å². The summed E-state index contributed by atoms with van der Waals surface area (Å²) in [5.41, 5.74) is 6.97. The van der Waals surface area contributed by atoms with E-state index in [0.29, 0.717) is 6.54 Å². The predicted octanol–water partition coefficient (Wildman–Crippen LogP) is 2.51.